The van der Waals surface area contributed by atoms with Crippen LogP contribution in [0, 0.1) is 0 Å². The molecule has 1 aliphatic rings. The Balaban J connectivity index is 1.64. The maximum atomic E-state index is 11.6. The lowest BCUT2D eigenvalue weighted by Crippen LogP contribution is -2.42. The van der Waals surface area contributed by atoms with Gasteiger partial charge in [-0.1, -0.05) is 24.3 Å². The number of hydrogen-bond donors (Lipinski definition) is 2. The molecule has 0 aliphatic heterocycles. The second-order valence-electron chi connectivity index (χ2n) is 5.15. The van der Waals surface area contributed by atoms with Crippen molar-refractivity contribution in [3.63, 3.8) is 0 Å². The van der Waals surface area contributed by atoms with Crippen molar-refractivity contribution in [2.75, 3.05) is 26.8 Å². The van der Waals surface area contributed by atoms with Gasteiger partial charge in [-0.2, -0.15) is 0 Å². The summed E-state index contributed by atoms with van der Waals surface area (Å²) in [5.41, 5.74) is 2.86. The lowest BCUT2D eigenvalue weighted by Gasteiger charge is -2.30. The molecular weight excluding hydrogens is 240 g/mol. The van der Waals surface area contributed by atoms with E-state index in [2.05, 4.69) is 34.9 Å². The van der Waals surface area contributed by atoms with Gasteiger partial charge in [0.1, 0.15) is 0 Å². The van der Waals surface area contributed by atoms with Gasteiger partial charge in [0.25, 0.3) is 0 Å². The van der Waals surface area contributed by atoms with Crippen molar-refractivity contribution in [1.29, 1.82) is 0 Å². The minimum absolute atomic E-state index is 0.0251. The van der Waals surface area contributed by atoms with Crippen molar-refractivity contribution < 1.29 is 9.53 Å². The van der Waals surface area contributed by atoms with Crippen LogP contribution in [0.15, 0.2) is 24.3 Å². The van der Waals surface area contributed by atoms with Crippen LogP contribution in [0.4, 0.5) is 0 Å². The number of carbonyl (C=O) groups is 1. The van der Waals surface area contributed by atoms with E-state index in [-0.39, 0.29) is 11.9 Å². The molecule has 0 saturated carbocycles. The molecule has 0 spiro atoms. The average molecular weight is 262 g/mol. The van der Waals surface area contributed by atoms with Gasteiger partial charge in [-0.15, -0.1) is 0 Å². The van der Waals surface area contributed by atoms with Crippen molar-refractivity contribution in [2.24, 2.45) is 0 Å². The van der Waals surface area contributed by atoms with Gasteiger partial charge in [-0.3, -0.25) is 4.79 Å². The van der Waals surface area contributed by atoms with E-state index in [0.717, 1.165) is 13.0 Å². The van der Waals surface area contributed by atoms with Gasteiger partial charge in [0, 0.05) is 25.6 Å². The molecule has 2 rings (SSSR count). The molecular formula is C15H22N2O2. The molecule has 2 N–H and O–H groups in total. The number of carbonyl (C=O) groups excluding carboxylic acids is 1. The van der Waals surface area contributed by atoms with E-state index in [0.29, 0.717) is 19.1 Å². The Hall–Kier alpha value is -1.39. The van der Waals surface area contributed by atoms with Crippen molar-refractivity contribution in [1.82, 2.24) is 10.6 Å². The smallest absolute Gasteiger partial charge is 0.234 e. The lowest BCUT2D eigenvalue weighted by molar-refractivity contribution is -0.121. The summed E-state index contributed by atoms with van der Waals surface area (Å²) < 4.78 is 4.98. The normalized spacial score (nSPS) is 18.3. The van der Waals surface area contributed by atoms with Crippen molar-refractivity contribution in [3.8, 4) is 0 Å². The van der Waals surface area contributed by atoms with Gasteiger partial charge >= 0.3 is 0 Å². The quantitative estimate of drug-likeness (QED) is 0.773. The highest BCUT2D eigenvalue weighted by molar-refractivity contribution is 5.78. The first-order valence-electron chi connectivity index (χ1n) is 6.77. The molecule has 1 amide bonds. The van der Waals surface area contributed by atoms with Crippen LogP contribution in [-0.4, -0.2) is 38.8 Å². The molecule has 1 aromatic rings. The molecule has 4 nitrogen and oxygen atoms in total. The van der Waals surface area contributed by atoms with E-state index in [1.807, 2.05) is 6.92 Å². The van der Waals surface area contributed by atoms with Crippen LogP contribution in [0.1, 0.15) is 24.0 Å². The monoisotopic (exact) mass is 262 g/mol. The summed E-state index contributed by atoms with van der Waals surface area (Å²) >= 11 is 0. The molecule has 4 heteroatoms. The first-order valence-corrected chi connectivity index (χ1v) is 6.77. The SMILES string of the molecule is COCC(C)NC(=O)CNCC1Cc2ccccc21. The molecule has 2 unspecified atom stereocenters. The predicted octanol–water partition coefficient (Wildman–Crippen LogP) is 1.07. The van der Waals surface area contributed by atoms with E-state index in [1.165, 1.54) is 11.1 Å². The second-order valence-corrected chi connectivity index (χ2v) is 5.15. The van der Waals surface area contributed by atoms with Crippen LogP contribution in [0.25, 0.3) is 0 Å². The lowest BCUT2D eigenvalue weighted by atomic mass is 9.78. The third-order valence-electron chi connectivity index (χ3n) is 3.46. The number of ether oxygens (including phenoxy) is 1. The molecule has 1 aliphatic carbocycles. The van der Waals surface area contributed by atoms with Crippen LogP contribution >= 0.6 is 0 Å². The molecule has 0 fully saturated rings. The molecule has 0 aromatic heterocycles. The number of rotatable bonds is 7. The first kappa shape index (κ1) is 14.0. The topological polar surface area (TPSA) is 50.4 Å². The van der Waals surface area contributed by atoms with Gasteiger partial charge in [0.05, 0.1) is 13.2 Å². The van der Waals surface area contributed by atoms with E-state index < -0.39 is 0 Å². The standard InChI is InChI=1S/C15H22N2O2/c1-11(10-19-2)17-15(18)9-16-8-13-7-12-5-3-4-6-14(12)13/h3-6,11,13,16H,7-10H2,1-2H3,(H,17,18). The van der Waals surface area contributed by atoms with Gasteiger partial charge < -0.3 is 15.4 Å². The van der Waals surface area contributed by atoms with E-state index >= 15 is 0 Å². The van der Waals surface area contributed by atoms with Crippen LogP contribution in [0.3, 0.4) is 0 Å². The Bertz CT molecular complexity index is 434. The van der Waals surface area contributed by atoms with E-state index in [9.17, 15) is 4.79 Å². The largest absolute Gasteiger partial charge is 0.383 e. The number of nitrogens with one attached hydrogen (secondary N) is 2. The minimum Gasteiger partial charge on any atom is -0.383 e. The van der Waals surface area contributed by atoms with Crippen LogP contribution in [0.5, 0.6) is 0 Å². The number of methoxy groups -OCH3 is 1. The maximum absolute atomic E-state index is 11.6. The summed E-state index contributed by atoms with van der Waals surface area (Å²) in [4.78, 5) is 11.6. The van der Waals surface area contributed by atoms with E-state index in [4.69, 9.17) is 4.74 Å². The van der Waals surface area contributed by atoms with Crippen molar-refractivity contribution >= 4 is 5.91 Å². The highest BCUT2D eigenvalue weighted by atomic mass is 16.5. The zero-order valence-corrected chi connectivity index (χ0v) is 11.6. The third kappa shape index (κ3) is 3.78. The molecule has 104 valence electrons. The van der Waals surface area contributed by atoms with Gasteiger partial charge in [0.2, 0.25) is 5.91 Å². The van der Waals surface area contributed by atoms with Crippen LogP contribution < -0.4 is 10.6 Å². The van der Waals surface area contributed by atoms with Gasteiger partial charge in [-0.25, -0.2) is 0 Å². The molecule has 2 atom stereocenters. The molecule has 0 radical (unpaired) electrons. The van der Waals surface area contributed by atoms with Crippen molar-refractivity contribution in [3.05, 3.63) is 35.4 Å². The highest BCUT2D eigenvalue weighted by Gasteiger charge is 2.24. The summed E-state index contributed by atoms with van der Waals surface area (Å²) in [7, 11) is 1.63. The zero-order valence-electron chi connectivity index (χ0n) is 11.6. The molecule has 0 heterocycles. The fourth-order valence-electron chi connectivity index (χ4n) is 2.52. The summed E-state index contributed by atoms with van der Waals surface area (Å²) in [5, 5.41) is 6.11. The number of hydrogen-bond acceptors (Lipinski definition) is 3. The summed E-state index contributed by atoms with van der Waals surface area (Å²) in [6, 6.07) is 8.55. The van der Waals surface area contributed by atoms with Gasteiger partial charge in [0.15, 0.2) is 0 Å². The number of amides is 1. The van der Waals surface area contributed by atoms with Crippen molar-refractivity contribution in [2.45, 2.75) is 25.3 Å². The predicted molar refractivity (Wildman–Crippen MR) is 75.2 cm³/mol. The second kappa shape index (κ2) is 6.68. The zero-order chi connectivity index (χ0) is 13.7. The summed E-state index contributed by atoms with van der Waals surface area (Å²) in [6.45, 7) is 3.71. The third-order valence-corrected chi connectivity index (χ3v) is 3.46. The summed E-state index contributed by atoms with van der Waals surface area (Å²) in [5.74, 6) is 0.581. The molecule has 1 aromatic carbocycles. The van der Waals surface area contributed by atoms with Crippen LogP contribution in [0.2, 0.25) is 0 Å². The fraction of sp³-hybridized carbons (Fsp3) is 0.533. The Morgan fingerprint density at radius 2 is 2.26 bits per heavy atom. The van der Waals surface area contributed by atoms with Gasteiger partial charge in [-0.05, 0) is 24.5 Å². The Morgan fingerprint density at radius 3 is 3.00 bits per heavy atom. The number of benzene rings is 1. The maximum Gasteiger partial charge on any atom is 0.234 e. The van der Waals surface area contributed by atoms with E-state index in [1.54, 1.807) is 7.11 Å². The van der Waals surface area contributed by atoms with Crippen LogP contribution in [-0.2, 0) is 16.0 Å². The Labute approximate surface area is 114 Å². The minimum atomic E-state index is 0.0251. The summed E-state index contributed by atoms with van der Waals surface area (Å²) in [6.07, 6.45) is 1.12. The first-order chi connectivity index (χ1) is 9.20. The molecule has 0 saturated heterocycles. The number of fused-ring (bicyclic) bond motifs is 1. The molecule has 0 bridgehead atoms. The Kier molecular flexibility index (Phi) is 4.93. The highest BCUT2D eigenvalue weighted by Crippen LogP contribution is 2.33. The Morgan fingerprint density at radius 1 is 1.47 bits per heavy atom. The fourth-order valence-corrected chi connectivity index (χ4v) is 2.52. The average Bonchev–Trinajstić information content (AvgIpc) is 2.35. The molecule has 19 heavy (non-hydrogen) atoms.